The summed E-state index contributed by atoms with van der Waals surface area (Å²) >= 11 is 0. The van der Waals surface area contributed by atoms with Gasteiger partial charge in [0.25, 0.3) is 0 Å². The molecular weight excluding hydrogens is 233 g/mol. The van der Waals surface area contributed by atoms with Gasteiger partial charge in [0.2, 0.25) is 0 Å². The van der Waals surface area contributed by atoms with Gasteiger partial charge in [-0.25, -0.2) is 4.79 Å². The fourth-order valence-corrected chi connectivity index (χ4v) is 3.03. The standard InChI is InChI=1S/C9H16NO5P/c1-14-16(13,15-2)8-5-3-7(4-6-8)10-9(11)12/h5,7,10H,3-4,6H2,1-2H3,(H,11,12). The van der Waals surface area contributed by atoms with E-state index in [9.17, 15) is 9.36 Å². The Balaban J connectivity index is 2.65. The smallest absolute Gasteiger partial charge is 0.404 e. The molecule has 0 radical (unpaired) electrons. The summed E-state index contributed by atoms with van der Waals surface area (Å²) in [6, 6.07) is -0.122. The van der Waals surface area contributed by atoms with Crippen molar-refractivity contribution in [1.29, 1.82) is 0 Å². The van der Waals surface area contributed by atoms with E-state index in [-0.39, 0.29) is 6.04 Å². The lowest BCUT2D eigenvalue weighted by molar-refractivity contribution is 0.189. The molecule has 0 heterocycles. The van der Waals surface area contributed by atoms with E-state index in [1.54, 1.807) is 6.08 Å². The van der Waals surface area contributed by atoms with Crippen molar-refractivity contribution < 1.29 is 23.5 Å². The Kier molecular flexibility index (Phi) is 4.53. The van der Waals surface area contributed by atoms with E-state index < -0.39 is 13.7 Å². The molecule has 1 atom stereocenters. The van der Waals surface area contributed by atoms with Gasteiger partial charge in [0, 0.05) is 25.6 Å². The average Bonchev–Trinajstić information content (AvgIpc) is 2.28. The molecule has 0 fully saturated rings. The Morgan fingerprint density at radius 2 is 2.19 bits per heavy atom. The fraction of sp³-hybridized carbons (Fsp3) is 0.667. The van der Waals surface area contributed by atoms with Gasteiger partial charge < -0.3 is 19.5 Å². The van der Waals surface area contributed by atoms with Crippen LogP contribution in [0.15, 0.2) is 11.4 Å². The molecule has 0 aliphatic heterocycles. The van der Waals surface area contributed by atoms with Gasteiger partial charge in [-0.15, -0.1) is 0 Å². The van der Waals surface area contributed by atoms with Crippen molar-refractivity contribution in [2.45, 2.75) is 25.3 Å². The lowest BCUT2D eigenvalue weighted by atomic mass is 10.0. The summed E-state index contributed by atoms with van der Waals surface area (Å²) in [5.74, 6) is 0. The Labute approximate surface area is 94.2 Å². The number of hydrogen-bond donors (Lipinski definition) is 2. The SMILES string of the molecule is COP(=O)(OC)C1=CCC(NC(=O)O)CC1. The molecule has 0 aromatic rings. The highest BCUT2D eigenvalue weighted by molar-refractivity contribution is 7.58. The normalized spacial score (nSPS) is 21.4. The molecule has 0 saturated carbocycles. The van der Waals surface area contributed by atoms with Crippen LogP contribution in [0.1, 0.15) is 19.3 Å². The molecule has 7 heteroatoms. The molecular formula is C9H16NO5P. The van der Waals surface area contributed by atoms with E-state index >= 15 is 0 Å². The van der Waals surface area contributed by atoms with Crippen LogP contribution in [0.2, 0.25) is 0 Å². The largest absolute Gasteiger partial charge is 0.465 e. The van der Waals surface area contributed by atoms with E-state index in [0.29, 0.717) is 24.6 Å². The molecule has 6 nitrogen and oxygen atoms in total. The van der Waals surface area contributed by atoms with Crippen LogP contribution in [-0.2, 0) is 13.6 Å². The summed E-state index contributed by atoms with van der Waals surface area (Å²) in [6.07, 6.45) is 2.33. The van der Waals surface area contributed by atoms with Gasteiger partial charge in [0.15, 0.2) is 0 Å². The van der Waals surface area contributed by atoms with Crippen LogP contribution in [0.3, 0.4) is 0 Å². The number of amides is 1. The number of allylic oxidation sites excluding steroid dienone is 1. The zero-order valence-electron chi connectivity index (χ0n) is 9.30. The first-order valence-electron chi connectivity index (χ1n) is 4.92. The average molecular weight is 249 g/mol. The third-order valence-electron chi connectivity index (χ3n) is 2.55. The monoisotopic (exact) mass is 249 g/mol. The number of carbonyl (C=O) groups is 1. The molecule has 1 rings (SSSR count). The molecule has 0 aromatic heterocycles. The van der Waals surface area contributed by atoms with Crippen LogP contribution in [0.4, 0.5) is 4.79 Å². The van der Waals surface area contributed by atoms with E-state index in [1.807, 2.05) is 0 Å². The molecule has 1 aliphatic rings. The van der Waals surface area contributed by atoms with Crippen molar-refractivity contribution in [2.75, 3.05) is 14.2 Å². The quantitative estimate of drug-likeness (QED) is 0.746. The third kappa shape index (κ3) is 3.07. The lowest BCUT2D eigenvalue weighted by Gasteiger charge is -2.24. The van der Waals surface area contributed by atoms with Crippen molar-refractivity contribution in [3.63, 3.8) is 0 Å². The summed E-state index contributed by atoms with van der Waals surface area (Å²) in [4.78, 5) is 10.4. The molecule has 16 heavy (non-hydrogen) atoms. The number of rotatable bonds is 4. The van der Waals surface area contributed by atoms with Crippen LogP contribution >= 0.6 is 7.60 Å². The van der Waals surface area contributed by atoms with E-state index in [1.165, 1.54) is 14.2 Å². The van der Waals surface area contributed by atoms with Gasteiger partial charge in [0.05, 0.1) is 0 Å². The highest BCUT2D eigenvalue weighted by Crippen LogP contribution is 2.57. The number of nitrogens with one attached hydrogen (secondary N) is 1. The van der Waals surface area contributed by atoms with Crippen molar-refractivity contribution in [1.82, 2.24) is 5.32 Å². The van der Waals surface area contributed by atoms with Gasteiger partial charge in [-0.3, -0.25) is 4.57 Å². The highest BCUT2D eigenvalue weighted by Gasteiger charge is 2.30. The zero-order chi connectivity index (χ0) is 12.2. The topological polar surface area (TPSA) is 84.9 Å². The minimum absolute atomic E-state index is 0.122. The maximum Gasteiger partial charge on any atom is 0.404 e. The second-order valence-electron chi connectivity index (χ2n) is 3.48. The third-order valence-corrected chi connectivity index (χ3v) is 4.62. The van der Waals surface area contributed by atoms with Crippen LogP contribution in [0.5, 0.6) is 0 Å². The summed E-state index contributed by atoms with van der Waals surface area (Å²) < 4.78 is 21.7. The first-order valence-corrected chi connectivity index (χ1v) is 6.46. The molecule has 0 bridgehead atoms. The lowest BCUT2D eigenvalue weighted by Crippen LogP contribution is -2.34. The fourth-order valence-electron chi connectivity index (χ4n) is 1.68. The minimum Gasteiger partial charge on any atom is -0.465 e. The van der Waals surface area contributed by atoms with Gasteiger partial charge in [0.1, 0.15) is 0 Å². The zero-order valence-corrected chi connectivity index (χ0v) is 10.2. The summed E-state index contributed by atoms with van der Waals surface area (Å²) in [5.41, 5.74) is 0. The molecule has 1 aliphatic carbocycles. The second kappa shape index (κ2) is 5.48. The summed E-state index contributed by atoms with van der Waals surface area (Å²) in [5, 5.41) is 11.6. The van der Waals surface area contributed by atoms with Gasteiger partial charge in [-0.05, 0) is 19.3 Å². The summed E-state index contributed by atoms with van der Waals surface area (Å²) in [7, 11) is -0.451. The first kappa shape index (κ1) is 13.2. The van der Waals surface area contributed by atoms with Gasteiger partial charge >= 0.3 is 13.7 Å². The maximum atomic E-state index is 12.0. The molecule has 1 unspecified atom stereocenters. The van der Waals surface area contributed by atoms with Crippen molar-refractivity contribution in [2.24, 2.45) is 0 Å². The first-order chi connectivity index (χ1) is 7.51. The molecule has 0 saturated heterocycles. The van der Waals surface area contributed by atoms with Crippen LogP contribution in [-0.4, -0.2) is 31.5 Å². The predicted molar refractivity (Wildman–Crippen MR) is 58.5 cm³/mol. The Morgan fingerprint density at radius 3 is 2.56 bits per heavy atom. The minimum atomic E-state index is -3.13. The van der Waals surface area contributed by atoms with Crippen LogP contribution < -0.4 is 5.32 Å². The molecule has 2 N–H and O–H groups in total. The van der Waals surface area contributed by atoms with Gasteiger partial charge in [-0.1, -0.05) is 6.08 Å². The second-order valence-corrected chi connectivity index (χ2v) is 5.78. The Bertz CT molecular complexity index is 333. The molecule has 0 spiro atoms. The van der Waals surface area contributed by atoms with Crippen molar-refractivity contribution in [3.05, 3.63) is 11.4 Å². The van der Waals surface area contributed by atoms with E-state index in [0.717, 1.165) is 0 Å². The summed E-state index contributed by atoms with van der Waals surface area (Å²) in [6.45, 7) is 0. The molecule has 0 aromatic carbocycles. The van der Waals surface area contributed by atoms with E-state index in [2.05, 4.69) is 5.32 Å². The predicted octanol–water partition coefficient (Wildman–Crippen LogP) is 2.18. The van der Waals surface area contributed by atoms with E-state index in [4.69, 9.17) is 14.2 Å². The molecule has 1 amide bonds. The Morgan fingerprint density at radius 1 is 1.56 bits per heavy atom. The Hall–Kier alpha value is -0.840. The van der Waals surface area contributed by atoms with Crippen molar-refractivity contribution in [3.8, 4) is 0 Å². The number of hydrogen-bond acceptors (Lipinski definition) is 4. The molecule has 92 valence electrons. The van der Waals surface area contributed by atoms with Crippen LogP contribution in [0, 0.1) is 0 Å². The maximum absolute atomic E-state index is 12.0. The van der Waals surface area contributed by atoms with Crippen molar-refractivity contribution >= 4 is 13.7 Å². The van der Waals surface area contributed by atoms with Gasteiger partial charge in [-0.2, -0.15) is 0 Å². The van der Waals surface area contributed by atoms with Crippen LogP contribution in [0.25, 0.3) is 0 Å². The highest BCUT2D eigenvalue weighted by atomic mass is 31.2. The number of carboxylic acid groups (broad SMARTS) is 1.